The van der Waals surface area contributed by atoms with Crippen molar-refractivity contribution in [2.75, 3.05) is 0 Å². The van der Waals surface area contributed by atoms with Gasteiger partial charge in [0.15, 0.2) is 0 Å². The fourth-order valence-corrected chi connectivity index (χ4v) is 3.71. The largest absolute Gasteiger partial charge is 0.343 e. The molecule has 0 radical (unpaired) electrons. The summed E-state index contributed by atoms with van der Waals surface area (Å²) in [5.74, 6) is 0. The quantitative estimate of drug-likeness (QED) is 0.531. The Morgan fingerprint density at radius 2 is 1.61 bits per heavy atom. The second kappa shape index (κ2) is 4.98. The first-order valence-corrected chi connectivity index (χ1v) is 8.05. The molecule has 0 N–H and O–H groups in total. The lowest BCUT2D eigenvalue weighted by Crippen LogP contribution is -2.03. The molecular formula is C20H21N3. The van der Waals surface area contributed by atoms with Crippen LogP contribution in [0.25, 0.3) is 16.3 Å². The summed E-state index contributed by atoms with van der Waals surface area (Å²) in [6, 6.07) is 12.9. The summed E-state index contributed by atoms with van der Waals surface area (Å²) in [6.45, 7) is 9.56. The molecule has 0 amide bonds. The van der Waals surface area contributed by atoms with Crippen molar-refractivity contribution >= 4 is 16.3 Å². The molecule has 0 saturated carbocycles. The lowest BCUT2D eigenvalue weighted by Gasteiger charge is -2.09. The van der Waals surface area contributed by atoms with Gasteiger partial charge < -0.3 is 4.57 Å². The molecule has 3 aromatic heterocycles. The van der Waals surface area contributed by atoms with Crippen molar-refractivity contribution in [1.82, 2.24) is 14.2 Å². The van der Waals surface area contributed by atoms with Gasteiger partial charge in [0.25, 0.3) is 0 Å². The van der Waals surface area contributed by atoms with Gasteiger partial charge in [-0.25, -0.2) is 4.52 Å². The van der Waals surface area contributed by atoms with Crippen LogP contribution in [0.2, 0.25) is 0 Å². The van der Waals surface area contributed by atoms with Crippen molar-refractivity contribution in [2.24, 2.45) is 0 Å². The molecule has 0 bridgehead atoms. The topological polar surface area (TPSA) is 22.2 Å². The molecule has 0 aliphatic heterocycles. The van der Waals surface area contributed by atoms with Gasteiger partial charge >= 0.3 is 0 Å². The number of rotatable bonds is 2. The van der Waals surface area contributed by atoms with E-state index in [1.807, 2.05) is 4.52 Å². The fourth-order valence-electron chi connectivity index (χ4n) is 3.71. The van der Waals surface area contributed by atoms with Crippen molar-refractivity contribution in [3.63, 3.8) is 0 Å². The van der Waals surface area contributed by atoms with Gasteiger partial charge in [-0.05, 0) is 44.9 Å². The first-order chi connectivity index (χ1) is 11.1. The SMILES string of the molecule is Cc1cc2c3c(C)n(Cc4ccccc4)c(C)c3c(C)nn2c1. The summed E-state index contributed by atoms with van der Waals surface area (Å²) in [6.07, 6.45) is 2.10. The van der Waals surface area contributed by atoms with Crippen LogP contribution in [-0.2, 0) is 6.54 Å². The Balaban J connectivity index is 2.03. The van der Waals surface area contributed by atoms with Gasteiger partial charge in [-0.3, -0.25) is 0 Å². The normalized spacial score (nSPS) is 11.7. The smallest absolute Gasteiger partial charge is 0.0746 e. The minimum absolute atomic E-state index is 0.901. The first kappa shape index (κ1) is 14.1. The van der Waals surface area contributed by atoms with Crippen molar-refractivity contribution in [2.45, 2.75) is 34.2 Å². The van der Waals surface area contributed by atoms with Gasteiger partial charge in [0.05, 0.1) is 11.2 Å². The molecule has 0 fully saturated rings. The van der Waals surface area contributed by atoms with Gasteiger partial charge in [-0.15, -0.1) is 0 Å². The Bertz CT molecular complexity index is 1020. The molecule has 0 saturated heterocycles. The van der Waals surface area contributed by atoms with Gasteiger partial charge in [0, 0.05) is 34.9 Å². The van der Waals surface area contributed by atoms with E-state index in [2.05, 4.69) is 74.9 Å². The molecular weight excluding hydrogens is 282 g/mol. The summed E-state index contributed by atoms with van der Waals surface area (Å²) in [5.41, 5.74) is 7.48. The van der Waals surface area contributed by atoms with E-state index in [0.29, 0.717) is 0 Å². The monoisotopic (exact) mass is 303 g/mol. The highest BCUT2D eigenvalue weighted by Crippen LogP contribution is 2.32. The lowest BCUT2D eigenvalue weighted by atomic mass is 10.1. The van der Waals surface area contributed by atoms with E-state index in [4.69, 9.17) is 5.10 Å². The maximum absolute atomic E-state index is 4.75. The molecule has 3 heteroatoms. The zero-order valence-corrected chi connectivity index (χ0v) is 14.1. The highest BCUT2D eigenvalue weighted by molar-refractivity contribution is 6.01. The summed E-state index contributed by atoms with van der Waals surface area (Å²) < 4.78 is 4.43. The van der Waals surface area contributed by atoms with Crippen LogP contribution >= 0.6 is 0 Å². The standard InChI is InChI=1S/C20H21N3/c1-13-10-18-20-16(4)22(12-17-8-6-5-7-9-17)15(3)19(20)14(2)21-23(18)11-13/h5-11H,12H2,1-4H3. The van der Waals surface area contributed by atoms with Crippen LogP contribution in [0.3, 0.4) is 0 Å². The lowest BCUT2D eigenvalue weighted by molar-refractivity contribution is 0.754. The molecule has 0 aliphatic carbocycles. The second-order valence-corrected chi connectivity index (χ2v) is 6.43. The highest BCUT2D eigenvalue weighted by atomic mass is 15.2. The average Bonchev–Trinajstić information content (AvgIpc) is 3.01. The number of hydrogen-bond donors (Lipinski definition) is 0. The van der Waals surface area contributed by atoms with E-state index in [9.17, 15) is 0 Å². The predicted octanol–water partition coefficient (Wildman–Crippen LogP) is 4.57. The predicted molar refractivity (Wildman–Crippen MR) is 95.2 cm³/mol. The van der Waals surface area contributed by atoms with E-state index in [1.54, 1.807) is 0 Å². The molecule has 4 rings (SSSR count). The van der Waals surface area contributed by atoms with Gasteiger partial charge in [0.2, 0.25) is 0 Å². The molecule has 23 heavy (non-hydrogen) atoms. The van der Waals surface area contributed by atoms with Crippen LogP contribution in [0.1, 0.15) is 28.2 Å². The number of nitrogens with zero attached hydrogens (tertiary/aromatic N) is 3. The molecule has 116 valence electrons. The molecule has 0 unspecified atom stereocenters. The van der Waals surface area contributed by atoms with E-state index in [0.717, 1.165) is 12.2 Å². The number of aryl methyl sites for hydroxylation is 4. The van der Waals surface area contributed by atoms with Crippen LogP contribution in [0.4, 0.5) is 0 Å². The number of aromatic nitrogens is 3. The molecule has 0 aliphatic rings. The zero-order valence-electron chi connectivity index (χ0n) is 14.1. The molecule has 3 heterocycles. The van der Waals surface area contributed by atoms with Crippen LogP contribution in [0.15, 0.2) is 42.6 Å². The Labute approximate surface area is 136 Å². The molecule has 0 spiro atoms. The van der Waals surface area contributed by atoms with Crippen LogP contribution in [0, 0.1) is 27.7 Å². The molecule has 4 aromatic rings. The third-order valence-electron chi connectivity index (χ3n) is 4.78. The Morgan fingerprint density at radius 3 is 2.35 bits per heavy atom. The summed E-state index contributed by atoms with van der Waals surface area (Å²) in [4.78, 5) is 0. The van der Waals surface area contributed by atoms with E-state index in [-0.39, 0.29) is 0 Å². The van der Waals surface area contributed by atoms with E-state index >= 15 is 0 Å². The minimum Gasteiger partial charge on any atom is -0.343 e. The average molecular weight is 303 g/mol. The summed E-state index contributed by atoms with van der Waals surface area (Å²) in [5, 5.41) is 7.38. The maximum Gasteiger partial charge on any atom is 0.0746 e. The number of fused-ring (bicyclic) bond motifs is 3. The zero-order chi connectivity index (χ0) is 16.1. The second-order valence-electron chi connectivity index (χ2n) is 6.43. The number of hydrogen-bond acceptors (Lipinski definition) is 1. The Kier molecular flexibility index (Phi) is 3.05. The van der Waals surface area contributed by atoms with E-state index < -0.39 is 0 Å². The Morgan fingerprint density at radius 1 is 0.913 bits per heavy atom. The molecule has 1 aromatic carbocycles. The minimum atomic E-state index is 0.901. The van der Waals surface area contributed by atoms with Crippen LogP contribution in [0.5, 0.6) is 0 Å². The molecule has 3 nitrogen and oxygen atoms in total. The molecule has 0 atom stereocenters. The van der Waals surface area contributed by atoms with E-state index in [1.165, 1.54) is 38.8 Å². The first-order valence-electron chi connectivity index (χ1n) is 8.05. The van der Waals surface area contributed by atoms with Crippen molar-refractivity contribution in [1.29, 1.82) is 0 Å². The van der Waals surface area contributed by atoms with Crippen molar-refractivity contribution in [3.8, 4) is 0 Å². The summed E-state index contributed by atoms with van der Waals surface area (Å²) in [7, 11) is 0. The highest BCUT2D eigenvalue weighted by Gasteiger charge is 2.17. The van der Waals surface area contributed by atoms with Gasteiger partial charge in [-0.2, -0.15) is 5.10 Å². The van der Waals surface area contributed by atoms with Crippen molar-refractivity contribution < 1.29 is 0 Å². The fraction of sp³-hybridized carbons (Fsp3) is 0.250. The van der Waals surface area contributed by atoms with Gasteiger partial charge in [-0.1, -0.05) is 30.3 Å². The third kappa shape index (κ3) is 2.07. The third-order valence-corrected chi connectivity index (χ3v) is 4.78. The summed E-state index contributed by atoms with van der Waals surface area (Å²) >= 11 is 0. The van der Waals surface area contributed by atoms with Crippen LogP contribution < -0.4 is 0 Å². The Hall–Kier alpha value is -2.55. The number of benzene rings is 1. The van der Waals surface area contributed by atoms with Gasteiger partial charge in [0.1, 0.15) is 0 Å². The van der Waals surface area contributed by atoms with Crippen molar-refractivity contribution in [3.05, 3.63) is 70.8 Å². The van der Waals surface area contributed by atoms with Crippen LogP contribution in [-0.4, -0.2) is 14.2 Å². The maximum atomic E-state index is 4.75.